The van der Waals surface area contributed by atoms with Crippen LogP contribution in [0.1, 0.15) is 34.2 Å². The van der Waals surface area contributed by atoms with Crippen LogP contribution < -0.4 is 0 Å². The van der Waals surface area contributed by atoms with Crippen molar-refractivity contribution in [3.8, 4) is 0 Å². The summed E-state index contributed by atoms with van der Waals surface area (Å²) in [4.78, 5) is 14.2. The van der Waals surface area contributed by atoms with Crippen molar-refractivity contribution in [1.29, 1.82) is 0 Å². The molecule has 0 aliphatic carbocycles. The van der Waals surface area contributed by atoms with Crippen molar-refractivity contribution in [2.75, 3.05) is 0 Å². The fraction of sp³-hybridized carbons (Fsp3) is 0.167. The van der Waals surface area contributed by atoms with Crippen LogP contribution in [0.5, 0.6) is 0 Å². The van der Waals surface area contributed by atoms with Crippen LogP contribution in [-0.2, 0) is 28.6 Å². The minimum atomic E-state index is -0.903. The van der Waals surface area contributed by atoms with Gasteiger partial charge in [-0.1, -0.05) is 18.2 Å². The van der Waals surface area contributed by atoms with Crippen LogP contribution in [0.4, 0.5) is 0 Å². The number of fused-ring (bicyclic) bond motifs is 6. The molecule has 3 nitrogen and oxygen atoms in total. The van der Waals surface area contributed by atoms with Crippen molar-refractivity contribution in [3.63, 3.8) is 0 Å². The number of hydrogen-bond donors (Lipinski definition) is 0. The smallest absolute Gasteiger partial charge is 0.0466 e. The van der Waals surface area contributed by atoms with Gasteiger partial charge in [0, 0.05) is 53.4 Å². The second-order valence-corrected chi connectivity index (χ2v) is 50.5. The molecule has 4 rings (SSSR count). The first-order chi connectivity index (χ1) is 12.1. The molecule has 0 atom stereocenters. The van der Waals surface area contributed by atoms with E-state index in [1.54, 1.807) is 0 Å². The Bertz CT molecular complexity index is 838. The molecule has 1 aliphatic rings. The molecule has 25 heavy (non-hydrogen) atoms. The summed E-state index contributed by atoms with van der Waals surface area (Å²) < 4.78 is 0. The second kappa shape index (κ2) is 9.58. The van der Waals surface area contributed by atoms with Gasteiger partial charge in [-0.05, 0) is 36.4 Å². The molecule has 3 aromatic rings. The fourth-order valence-electron chi connectivity index (χ4n) is 2.74. The Balaban J connectivity index is 0.000000415. The number of hydrogen-bond acceptors (Lipinski definition) is 3. The van der Waals surface area contributed by atoms with Crippen molar-refractivity contribution in [3.05, 3.63) is 88.8 Å². The van der Waals surface area contributed by atoms with Gasteiger partial charge in [0.2, 0.25) is 0 Å². The Morgan fingerprint density at radius 1 is 0.520 bits per heavy atom. The third-order valence-electron chi connectivity index (χ3n) is 3.68. The van der Waals surface area contributed by atoms with E-state index in [0.717, 1.165) is 53.4 Å². The topological polar surface area (TPSA) is 38.7 Å². The van der Waals surface area contributed by atoms with E-state index in [9.17, 15) is 0 Å². The van der Waals surface area contributed by atoms with E-state index in [1.165, 1.54) is 0 Å². The molecular weight excluding hydrogens is 679 g/mol. The molecule has 7 heteroatoms. The van der Waals surface area contributed by atoms with E-state index in [1.807, 2.05) is 0 Å². The van der Waals surface area contributed by atoms with E-state index >= 15 is 0 Å². The molecule has 0 aromatic carbocycles. The van der Waals surface area contributed by atoms with Gasteiger partial charge < -0.3 is 0 Å². The molecule has 0 radical (unpaired) electrons. The molecule has 0 N–H and O–H groups in total. The molecule has 1 aliphatic heterocycles. The summed E-state index contributed by atoms with van der Waals surface area (Å²) in [6, 6.07) is 18.6. The SMILES string of the molecule is [Se]=[W](=[Se])=[Se].c1cc2nc(c1)Cc1cccc(n1)Cc1cccc(n1)C2. The maximum absolute atomic E-state index is 4.73. The molecule has 0 saturated carbocycles. The predicted molar refractivity (Wildman–Crippen MR) is 98.4 cm³/mol. The van der Waals surface area contributed by atoms with Gasteiger partial charge in [-0.25, -0.2) is 0 Å². The molecule has 0 spiro atoms. The van der Waals surface area contributed by atoms with E-state index in [2.05, 4.69) is 93.0 Å². The Kier molecular flexibility index (Phi) is 7.46. The Labute approximate surface area is 169 Å². The summed E-state index contributed by atoms with van der Waals surface area (Å²) in [6.07, 6.45) is 2.34. The summed E-state index contributed by atoms with van der Waals surface area (Å²) in [5, 5.41) is 0. The van der Waals surface area contributed by atoms with Gasteiger partial charge >= 0.3 is 47.8 Å². The van der Waals surface area contributed by atoms with E-state index < -0.39 is 9.37 Å². The number of aromatic nitrogens is 3. The molecule has 126 valence electrons. The van der Waals surface area contributed by atoms with Gasteiger partial charge in [-0.2, -0.15) is 0 Å². The van der Waals surface area contributed by atoms with Gasteiger partial charge in [0.1, 0.15) is 0 Å². The van der Waals surface area contributed by atoms with Crippen molar-refractivity contribution in [2.24, 2.45) is 0 Å². The van der Waals surface area contributed by atoms with Crippen LogP contribution >= 0.6 is 0 Å². The summed E-state index contributed by atoms with van der Waals surface area (Å²) in [5.41, 5.74) is 6.38. The van der Waals surface area contributed by atoms with Crippen LogP contribution in [0.15, 0.2) is 54.6 Å². The predicted octanol–water partition coefficient (Wildman–Crippen LogP) is 1.81. The van der Waals surface area contributed by atoms with Crippen LogP contribution in [0.25, 0.3) is 0 Å². The average molecular weight is 694 g/mol. The van der Waals surface area contributed by atoms with E-state index in [0.29, 0.717) is 0 Å². The maximum atomic E-state index is 4.73. The summed E-state index contributed by atoms with van der Waals surface area (Å²) in [7, 11) is -0.903. The van der Waals surface area contributed by atoms with Crippen molar-refractivity contribution in [2.45, 2.75) is 19.3 Å². The second-order valence-electron chi connectivity index (χ2n) is 5.60. The Morgan fingerprint density at radius 3 is 0.920 bits per heavy atom. The van der Waals surface area contributed by atoms with Crippen LogP contribution in [0.2, 0.25) is 0 Å². The fourth-order valence-corrected chi connectivity index (χ4v) is 2.74. The van der Waals surface area contributed by atoms with Gasteiger partial charge in [-0.3, -0.25) is 15.0 Å². The van der Waals surface area contributed by atoms with Crippen LogP contribution in [-0.4, -0.2) is 53.4 Å². The van der Waals surface area contributed by atoms with Crippen molar-refractivity contribution < 1.29 is 9.37 Å². The minimum Gasteiger partial charge on any atom is -0.257 e. The molecule has 0 fully saturated rings. The standard InChI is InChI=1S/C18H15N3.3Se.W/c1-4-13-10-15-6-2-8-17(20-15)12-18-9-3-7-16(21-18)11-14(5-1)19-13;;;;/h1-9H,10-12H2;;;;. The quantitative estimate of drug-likeness (QED) is 0.264. The molecule has 4 heterocycles. The zero-order valence-corrected chi connectivity index (χ0v) is 21.4. The van der Waals surface area contributed by atoms with Gasteiger partial charge in [-0.15, -0.1) is 0 Å². The van der Waals surface area contributed by atoms with Crippen molar-refractivity contribution in [1.82, 2.24) is 15.0 Å². The molecule has 0 unspecified atom stereocenters. The molecular formula is C18H15N3Se3W. The molecule has 0 amide bonds. The summed E-state index contributed by atoms with van der Waals surface area (Å²) in [6.45, 7) is 0. The van der Waals surface area contributed by atoms with E-state index in [4.69, 9.17) is 15.0 Å². The van der Waals surface area contributed by atoms with Gasteiger partial charge in [0.05, 0.1) is 0 Å². The summed E-state index contributed by atoms with van der Waals surface area (Å²) >= 11 is 8.96. The largest absolute Gasteiger partial charge is 0.257 e. The zero-order valence-electron chi connectivity index (χ0n) is 13.3. The minimum absolute atomic E-state index is 0.781. The van der Waals surface area contributed by atoms with Gasteiger partial charge in [0.15, 0.2) is 0 Å². The Morgan fingerprint density at radius 2 is 0.720 bits per heavy atom. The van der Waals surface area contributed by atoms with Gasteiger partial charge in [0.25, 0.3) is 0 Å². The maximum Gasteiger partial charge on any atom is 0.0466 e. The average Bonchev–Trinajstić information content (AvgIpc) is 2.54. The van der Waals surface area contributed by atoms with Crippen molar-refractivity contribution >= 4 is 38.4 Å². The number of rotatable bonds is 0. The monoisotopic (exact) mass is 697 g/mol. The Hall–Kier alpha value is -0.303. The third-order valence-corrected chi connectivity index (χ3v) is 3.68. The third kappa shape index (κ3) is 6.42. The molecule has 6 bridgehead atoms. The zero-order chi connectivity index (χ0) is 17.6. The first-order valence-electron chi connectivity index (χ1n) is 7.70. The molecule has 3 aromatic heterocycles. The number of nitrogens with zero attached hydrogens (tertiary/aromatic N) is 3. The van der Waals surface area contributed by atoms with Crippen LogP contribution in [0, 0.1) is 0 Å². The normalized spacial score (nSPS) is 12.0. The molecule has 0 saturated heterocycles. The first kappa shape index (κ1) is 19.5. The van der Waals surface area contributed by atoms with E-state index in [-0.39, 0.29) is 0 Å². The first-order valence-corrected chi connectivity index (χ1v) is 28.5. The van der Waals surface area contributed by atoms with Crippen LogP contribution in [0.3, 0.4) is 0 Å². The summed E-state index contributed by atoms with van der Waals surface area (Å²) in [5.74, 6) is 0. The number of pyridine rings is 3.